The van der Waals surface area contributed by atoms with Gasteiger partial charge in [-0.15, -0.1) is 0 Å². The number of rotatable bonds is 5. The fourth-order valence-electron chi connectivity index (χ4n) is 2.48. The molecule has 0 radical (unpaired) electrons. The molecule has 3 N–H and O–H groups in total. The Balaban J connectivity index is 1.96. The molecule has 2 aromatic carbocycles. The molecule has 0 fully saturated rings. The highest BCUT2D eigenvalue weighted by molar-refractivity contribution is 6.45. The largest absolute Gasteiger partial charge is 0.323 e. The van der Waals surface area contributed by atoms with E-state index in [4.69, 9.17) is 29.0 Å². The molecule has 0 spiro atoms. The van der Waals surface area contributed by atoms with E-state index in [2.05, 4.69) is 20.4 Å². The molecular formula is C17H12Cl2N6O3. The monoisotopic (exact) mass is 418 g/mol. The number of aromatic nitrogens is 2. The first-order valence-corrected chi connectivity index (χ1v) is 8.55. The SMILES string of the molecule is N/N=C(/C(=O)Nc1ccc(Cl)cc1Cl)C(c1cnc2ccccc2n1)[N+](=O)[O-]. The highest BCUT2D eigenvalue weighted by Crippen LogP contribution is 2.26. The molecule has 1 aromatic heterocycles. The van der Waals surface area contributed by atoms with Gasteiger partial charge < -0.3 is 11.2 Å². The molecule has 9 nitrogen and oxygen atoms in total. The molecule has 3 rings (SSSR count). The number of fused-ring (bicyclic) bond motifs is 1. The van der Waals surface area contributed by atoms with Crippen LogP contribution in [0.2, 0.25) is 10.0 Å². The minimum Gasteiger partial charge on any atom is -0.323 e. The summed E-state index contributed by atoms with van der Waals surface area (Å²) >= 11 is 11.8. The number of nitrogens with one attached hydrogen (secondary N) is 1. The van der Waals surface area contributed by atoms with Gasteiger partial charge in [-0.2, -0.15) is 5.10 Å². The summed E-state index contributed by atoms with van der Waals surface area (Å²) < 4.78 is 0. The number of hydrogen-bond donors (Lipinski definition) is 2. The Hall–Kier alpha value is -3.30. The number of benzene rings is 2. The first kappa shape index (κ1) is 19.5. The summed E-state index contributed by atoms with van der Waals surface area (Å²) in [5.74, 6) is 4.40. The molecule has 0 bridgehead atoms. The third-order valence-corrected chi connectivity index (χ3v) is 4.32. The third kappa shape index (κ3) is 4.00. The highest BCUT2D eigenvalue weighted by Gasteiger charge is 2.37. The zero-order valence-electron chi connectivity index (χ0n) is 14.0. The van der Waals surface area contributed by atoms with Gasteiger partial charge in [0.25, 0.3) is 5.91 Å². The van der Waals surface area contributed by atoms with E-state index >= 15 is 0 Å². The maximum atomic E-state index is 12.6. The van der Waals surface area contributed by atoms with Crippen LogP contribution in [0.5, 0.6) is 0 Å². The van der Waals surface area contributed by atoms with E-state index in [0.29, 0.717) is 16.1 Å². The van der Waals surface area contributed by atoms with Crippen LogP contribution in [0, 0.1) is 10.1 Å². The van der Waals surface area contributed by atoms with Crippen LogP contribution in [0.3, 0.4) is 0 Å². The number of nitrogens with two attached hydrogens (primary N) is 1. The number of halogens is 2. The van der Waals surface area contributed by atoms with Crippen molar-refractivity contribution in [2.24, 2.45) is 10.9 Å². The second-order valence-corrected chi connectivity index (χ2v) is 6.41. The van der Waals surface area contributed by atoms with E-state index < -0.39 is 22.6 Å². The zero-order valence-corrected chi connectivity index (χ0v) is 15.6. The van der Waals surface area contributed by atoms with Gasteiger partial charge in [-0.1, -0.05) is 35.3 Å². The molecule has 142 valence electrons. The second kappa shape index (κ2) is 8.15. The minimum atomic E-state index is -1.71. The average Bonchev–Trinajstić information content (AvgIpc) is 2.67. The molecule has 0 aliphatic rings. The molecule has 3 aromatic rings. The lowest BCUT2D eigenvalue weighted by molar-refractivity contribution is -0.509. The van der Waals surface area contributed by atoms with Gasteiger partial charge in [-0.05, 0) is 30.3 Å². The van der Waals surface area contributed by atoms with Crippen molar-refractivity contribution in [3.8, 4) is 0 Å². The fourth-order valence-corrected chi connectivity index (χ4v) is 2.94. The molecule has 1 amide bonds. The van der Waals surface area contributed by atoms with Crippen LogP contribution < -0.4 is 11.2 Å². The predicted molar refractivity (Wildman–Crippen MR) is 106 cm³/mol. The molecule has 0 saturated heterocycles. The summed E-state index contributed by atoms with van der Waals surface area (Å²) in [5, 5.41) is 18.0. The highest BCUT2D eigenvalue weighted by atomic mass is 35.5. The van der Waals surface area contributed by atoms with E-state index in [1.165, 1.54) is 24.4 Å². The summed E-state index contributed by atoms with van der Waals surface area (Å²) in [4.78, 5) is 31.9. The van der Waals surface area contributed by atoms with Gasteiger partial charge in [0.15, 0.2) is 0 Å². The Morgan fingerprint density at radius 1 is 1.21 bits per heavy atom. The van der Waals surface area contributed by atoms with Gasteiger partial charge in [-0.3, -0.25) is 19.9 Å². The van der Waals surface area contributed by atoms with E-state index in [-0.39, 0.29) is 16.4 Å². The average molecular weight is 419 g/mol. The minimum absolute atomic E-state index is 0.0785. The summed E-state index contributed by atoms with van der Waals surface area (Å²) in [6, 6.07) is 9.49. The Kier molecular flexibility index (Phi) is 5.67. The van der Waals surface area contributed by atoms with Gasteiger partial charge >= 0.3 is 6.04 Å². The number of nitrogens with zero attached hydrogens (tertiary/aromatic N) is 4. The molecule has 1 atom stereocenters. The molecule has 0 aliphatic carbocycles. The molecule has 28 heavy (non-hydrogen) atoms. The van der Waals surface area contributed by atoms with Crippen LogP contribution in [0.4, 0.5) is 5.69 Å². The molecule has 0 aliphatic heterocycles. The zero-order chi connectivity index (χ0) is 20.3. The number of carbonyl (C=O) groups is 1. The van der Waals surface area contributed by atoms with Crippen LogP contribution in [0.25, 0.3) is 11.0 Å². The molecule has 11 heteroatoms. The quantitative estimate of drug-likeness (QED) is 0.282. The van der Waals surface area contributed by atoms with Crippen molar-refractivity contribution in [1.82, 2.24) is 9.97 Å². The van der Waals surface area contributed by atoms with E-state index in [1.54, 1.807) is 24.3 Å². The smallest absolute Gasteiger partial charge is 0.304 e. The maximum Gasteiger partial charge on any atom is 0.304 e. The topological polar surface area (TPSA) is 136 Å². The molecule has 1 heterocycles. The van der Waals surface area contributed by atoms with Gasteiger partial charge in [0.05, 0.1) is 27.9 Å². The second-order valence-electron chi connectivity index (χ2n) is 5.56. The van der Waals surface area contributed by atoms with Crippen molar-refractivity contribution < 1.29 is 9.72 Å². The summed E-state index contributed by atoms with van der Waals surface area (Å²) in [6.07, 6.45) is 1.21. The van der Waals surface area contributed by atoms with E-state index in [9.17, 15) is 14.9 Å². The Morgan fingerprint density at radius 2 is 1.93 bits per heavy atom. The van der Waals surface area contributed by atoms with Crippen molar-refractivity contribution in [2.75, 3.05) is 5.32 Å². The normalized spacial score (nSPS) is 12.6. The molecule has 1 unspecified atom stereocenters. The van der Waals surface area contributed by atoms with Crippen LogP contribution in [0.15, 0.2) is 53.8 Å². The number of carbonyl (C=O) groups excluding carboxylic acids is 1. The van der Waals surface area contributed by atoms with Crippen molar-refractivity contribution in [1.29, 1.82) is 0 Å². The lowest BCUT2D eigenvalue weighted by atomic mass is 10.1. The third-order valence-electron chi connectivity index (χ3n) is 3.77. The van der Waals surface area contributed by atoms with Crippen molar-refractivity contribution >= 4 is 51.5 Å². The first-order chi connectivity index (χ1) is 13.4. The number of anilines is 1. The number of amides is 1. The number of hydrogen-bond acceptors (Lipinski definition) is 7. The van der Waals surface area contributed by atoms with Gasteiger partial charge in [0.1, 0.15) is 5.69 Å². The number of hydrazone groups is 1. The van der Waals surface area contributed by atoms with Crippen LogP contribution in [-0.4, -0.2) is 26.5 Å². The van der Waals surface area contributed by atoms with E-state index in [0.717, 1.165) is 0 Å². The first-order valence-electron chi connectivity index (χ1n) is 7.80. The summed E-state index contributed by atoms with van der Waals surface area (Å²) in [5.41, 5.74) is 0.552. The molecular weight excluding hydrogens is 407 g/mol. The standard InChI is InChI=1S/C17H12Cl2N6O3/c18-9-5-6-11(10(19)7-9)23-17(26)15(24-20)16(25(27)28)14-8-21-12-3-1-2-4-13(12)22-14/h1-8,16H,20H2,(H,23,26)/b24-15+. The summed E-state index contributed by atoms with van der Waals surface area (Å²) in [6.45, 7) is 0. The van der Waals surface area contributed by atoms with Gasteiger partial charge in [0, 0.05) is 9.95 Å². The van der Waals surface area contributed by atoms with E-state index in [1.807, 2.05) is 0 Å². The van der Waals surface area contributed by atoms with Crippen molar-refractivity contribution in [3.05, 3.63) is 74.5 Å². The fraction of sp³-hybridized carbons (Fsp3) is 0.0588. The van der Waals surface area contributed by atoms with Gasteiger partial charge in [0.2, 0.25) is 5.71 Å². The maximum absolute atomic E-state index is 12.6. The predicted octanol–water partition coefficient (Wildman–Crippen LogP) is 3.21. The van der Waals surface area contributed by atoms with Crippen LogP contribution in [-0.2, 0) is 4.79 Å². The lowest BCUT2D eigenvalue weighted by Crippen LogP contribution is -2.34. The Labute approximate surface area is 168 Å². The van der Waals surface area contributed by atoms with Crippen molar-refractivity contribution in [2.45, 2.75) is 6.04 Å². The van der Waals surface area contributed by atoms with Crippen molar-refractivity contribution in [3.63, 3.8) is 0 Å². The number of nitro groups is 1. The summed E-state index contributed by atoms with van der Waals surface area (Å²) in [7, 11) is 0. The van der Waals surface area contributed by atoms with Crippen LogP contribution >= 0.6 is 23.2 Å². The van der Waals surface area contributed by atoms with Crippen LogP contribution in [0.1, 0.15) is 11.7 Å². The Morgan fingerprint density at radius 3 is 2.57 bits per heavy atom. The lowest BCUT2D eigenvalue weighted by Gasteiger charge is -2.12. The van der Waals surface area contributed by atoms with Gasteiger partial charge in [-0.25, -0.2) is 4.98 Å². The molecule has 0 saturated carbocycles. The Bertz CT molecular complexity index is 1110. The number of para-hydroxylation sites is 2.